The van der Waals surface area contributed by atoms with Gasteiger partial charge in [-0.2, -0.15) is 0 Å². The van der Waals surface area contributed by atoms with Crippen LogP contribution in [0, 0.1) is 5.92 Å². The molecule has 0 aliphatic carbocycles. The number of piperidine rings is 1. The van der Waals surface area contributed by atoms with E-state index < -0.39 is 0 Å². The molecule has 0 saturated carbocycles. The molecule has 3 N–H and O–H groups in total. The van der Waals surface area contributed by atoms with Gasteiger partial charge in [0.25, 0.3) is 0 Å². The van der Waals surface area contributed by atoms with Crippen molar-refractivity contribution in [3.63, 3.8) is 0 Å². The molecule has 2 rings (SSSR count). The van der Waals surface area contributed by atoms with Crippen LogP contribution in [0.15, 0.2) is 0 Å². The first kappa shape index (κ1) is 14.8. The first-order valence-corrected chi connectivity index (χ1v) is 7.06. The van der Waals surface area contributed by atoms with Crippen molar-refractivity contribution in [1.82, 2.24) is 15.1 Å². The number of nitrogens with one attached hydrogen (secondary N) is 1. The second-order valence-electron chi connectivity index (χ2n) is 5.56. The topological polar surface area (TPSA) is 95.7 Å². The Balaban J connectivity index is 1.96. The summed E-state index contributed by atoms with van der Waals surface area (Å²) >= 11 is 0. The number of amides is 3. The van der Waals surface area contributed by atoms with Gasteiger partial charge in [-0.1, -0.05) is 0 Å². The largest absolute Gasteiger partial charge is 0.369 e. The van der Waals surface area contributed by atoms with Crippen molar-refractivity contribution in [2.75, 3.05) is 32.7 Å². The molecule has 2 aliphatic rings. The zero-order chi connectivity index (χ0) is 14.7. The molecule has 112 valence electrons. The van der Waals surface area contributed by atoms with Crippen LogP contribution in [0.25, 0.3) is 0 Å². The van der Waals surface area contributed by atoms with E-state index in [1.165, 1.54) is 0 Å². The minimum atomic E-state index is -0.354. The quantitative estimate of drug-likeness (QED) is 0.660. The zero-order valence-electron chi connectivity index (χ0n) is 11.8. The first-order valence-electron chi connectivity index (χ1n) is 7.06. The summed E-state index contributed by atoms with van der Waals surface area (Å²) < 4.78 is 0. The highest BCUT2D eigenvalue weighted by atomic mass is 16.2. The highest BCUT2D eigenvalue weighted by Crippen LogP contribution is 2.22. The summed E-state index contributed by atoms with van der Waals surface area (Å²) in [5, 5.41) is 2.97. The molecular formula is C13H22N4O3. The fourth-order valence-electron chi connectivity index (χ4n) is 2.75. The Kier molecular flexibility index (Phi) is 4.59. The predicted molar refractivity (Wildman–Crippen MR) is 72.5 cm³/mol. The lowest BCUT2D eigenvalue weighted by Gasteiger charge is -2.38. The lowest BCUT2D eigenvalue weighted by molar-refractivity contribution is -0.144. The van der Waals surface area contributed by atoms with Crippen molar-refractivity contribution >= 4 is 17.7 Å². The maximum Gasteiger partial charge on any atom is 0.242 e. The number of hydrogen-bond donors (Lipinski definition) is 2. The van der Waals surface area contributed by atoms with Crippen molar-refractivity contribution in [3.8, 4) is 0 Å². The standard InChI is InChI=1S/C13H22N4O3/c1-9-2-3-10(13(14)20)7-17(9)12(19)8-16-5-4-15-6-11(16)18/h9-10,15H,2-8H2,1H3,(H2,14,20). The Labute approximate surface area is 118 Å². The molecule has 7 heteroatoms. The van der Waals surface area contributed by atoms with E-state index in [4.69, 9.17) is 5.73 Å². The van der Waals surface area contributed by atoms with Gasteiger partial charge in [-0.05, 0) is 19.8 Å². The summed E-state index contributed by atoms with van der Waals surface area (Å²) in [4.78, 5) is 38.6. The SMILES string of the molecule is CC1CCC(C(N)=O)CN1C(=O)CN1CCNCC1=O. The van der Waals surface area contributed by atoms with Crippen molar-refractivity contribution < 1.29 is 14.4 Å². The molecular weight excluding hydrogens is 260 g/mol. The van der Waals surface area contributed by atoms with E-state index in [-0.39, 0.29) is 42.8 Å². The molecule has 3 amide bonds. The molecule has 2 atom stereocenters. The summed E-state index contributed by atoms with van der Waals surface area (Å²) in [5.74, 6) is -0.777. The molecule has 0 aromatic carbocycles. The smallest absolute Gasteiger partial charge is 0.242 e. The van der Waals surface area contributed by atoms with E-state index >= 15 is 0 Å². The molecule has 0 radical (unpaired) electrons. The predicted octanol–water partition coefficient (Wildman–Crippen LogP) is -1.47. The summed E-state index contributed by atoms with van der Waals surface area (Å²) in [6, 6.07) is 0.0936. The van der Waals surface area contributed by atoms with Crippen LogP contribution in [0.4, 0.5) is 0 Å². The lowest BCUT2D eigenvalue weighted by atomic mass is 9.93. The average molecular weight is 282 g/mol. The second-order valence-corrected chi connectivity index (χ2v) is 5.56. The Bertz CT molecular complexity index is 412. The fraction of sp³-hybridized carbons (Fsp3) is 0.769. The van der Waals surface area contributed by atoms with Gasteiger partial charge in [-0.3, -0.25) is 14.4 Å². The molecule has 2 fully saturated rings. The maximum absolute atomic E-state index is 12.3. The van der Waals surface area contributed by atoms with Crippen LogP contribution in [0.3, 0.4) is 0 Å². The molecule has 2 saturated heterocycles. The van der Waals surface area contributed by atoms with Gasteiger partial charge in [0.1, 0.15) is 0 Å². The van der Waals surface area contributed by atoms with Crippen LogP contribution >= 0.6 is 0 Å². The third kappa shape index (κ3) is 3.27. The molecule has 7 nitrogen and oxygen atoms in total. The summed E-state index contributed by atoms with van der Waals surface area (Å²) in [5.41, 5.74) is 5.33. The normalized spacial score (nSPS) is 27.6. The van der Waals surface area contributed by atoms with Gasteiger partial charge in [0.15, 0.2) is 0 Å². The zero-order valence-corrected chi connectivity index (χ0v) is 11.8. The summed E-state index contributed by atoms with van der Waals surface area (Å²) in [6.07, 6.45) is 1.50. The molecule has 2 aliphatic heterocycles. The van der Waals surface area contributed by atoms with E-state index in [0.717, 1.165) is 12.8 Å². The van der Waals surface area contributed by atoms with Crippen LogP contribution in [0.2, 0.25) is 0 Å². The van der Waals surface area contributed by atoms with Gasteiger partial charge in [0.05, 0.1) is 19.0 Å². The van der Waals surface area contributed by atoms with E-state index in [0.29, 0.717) is 19.6 Å². The van der Waals surface area contributed by atoms with Gasteiger partial charge >= 0.3 is 0 Å². The lowest BCUT2D eigenvalue weighted by Crippen LogP contribution is -2.55. The highest BCUT2D eigenvalue weighted by molar-refractivity contribution is 5.87. The number of carbonyl (C=O) groups is 3. The van der Waals surface area contributed by atoms with Gasteiger partial charge in [-0.25, -0.2) is 0 Å². The monoisotopic (exact) mass is 282 g/mol. The number of carbonyl (C=O) groups excluding carboxylic acids is 3. The van der Waals surface area contributed by atoms with Gasteiger partial charge in [0.2, 0.25) is 17.7 Å². The van der Waals surface area contributed by atoms with Gasteiger partial charge in [-0.15, -0.1) is 0 Å². The van der Waals surface area contributed by atoms with Crippen molar-refractivity contribution in [1.29, 1.82) is 0 Å². The molecule has 2 heterocycles. The van der Waals surface area contributed by atoms with Crippen LogP contribution < -0.4 is 11.1 Å². The fourth-order valence-corrected chi connectivity index (χ4v) is 2.75. The Morgan fingerprint density at radius 3 is 2.80 bits per heavy atom. The summed E-state index contributed by atoms with van der Waals surface area (Å²) in [7, 11) is 0. The van der Waals surface area contributed by atoms with Crippen LogP contribution in [0.5, 0.6) is 0 Å². The Hall–Kier alpha value is -1.63. The number of rotatable bonds is 3. The Morgan fingerprint density at radius 2 is 2.15 bits per heavy atom. The maximum atomic E-state index is 12.3. The molecule has 20 heavy (non-hydrogen) atoms. The molecule has 0 aromatic heterocycles. The van der Waals surface area contributed by atoms with Crippen LogP contribution in [-0.4, -0.2) is 66.3 Å². The minimum Gasteiger partial charge on any atom is -0.369 e. The number of likely N-dealkylation sites (tertiary alicyclic amines) is 1. The number of primary amides is 1. The van der Waals surface area contributed by atoms with E-state index in [1.54, 1.807) is 9.80 Å². The van der Waals surface area contributed by atoms with E-state index in [1.807, 2.05) is 6.92 Å². The van der Waals surface area contributed by atoms with Crippen LogP contribution in [-0.2, 0) is 14.4 Å². The van der Waals surface area contributed by atoms with Gasteiger partial charge < -0.3 is 20.9 Å². The molecule has 0 aromatic rings. The van der Waals surface area contributed by atoms with E-state index in [2.05, 4.69) is 5.32 Å². The van der Waals surface area contributed by atoms with Crippen LogP contribution in [0.1, 0.15) is 19.8 Å². The third-order valence-electron chi connectivity index (χ3n) is 4.12. The number of nitrogens with two attached hydrogens (primary N) is 1. The number of piperazine rings is 1. The van der Waals surface area contributed by atoms with Crippen molar-refractivity contribution in [2.45, 2.75) is 25.8 Å². The van der Waals surface area contributed by atoms with Crippen molar-refractivity contribution in [3.05, 3.63) is 0 Å². The van der Waals surface area contributed by atoms with Gasteiger partial charge in [0, 0.05) is 25.7 Å². The second kappa shape index (κ2) is 6.21. The molecule has 0 bridgehead atoms. The Morgan fingerprint density at radius 1 is 1.40 bits per heavy atom. The number of hydrogen-bond acceptors (Lipinski definition) is 4. The first-order chi connectivity index (χ1) is 9.49. The molecule has 2 unspecified atom stereocenters. The average Bonchev–Trinajstić information content (AvgIpc) is 2.41. The highest BCUT2D eigenvalue weighted by Gasteiger charge is 2.33. The summed E-state index contributed by atoms with van der Waals surface area (Å²) in [6.45, 7) is 3.97. The minimum absolute atomic E-state index is 0.0549. The van der Waals surface area contributed by atoms with Crippen molar-refractivity contribution in [2.24, 2.45) is 11.7 Å². The number of nitrogens with zero attached hydrogens (tertiary/aromatic N) is 2. The third-order valence-corrected chi connectivity index (χ3v) is 4.12. The molecule has 0 spiro atoms. The van der Waals surface area contributed by atoms with E-state index in [9.17, 15) is 14.4 Å².